The molecule has 0 aliphatic heterocycles. The van der Waals surface area contributed by atoms with Gasteiger partial charge in [0.25, 0.3) is 5.69 Å². The molecule has 0 bridgehead atoms. The number of nitrogens with one attached hydrogen (secondary N) is 1. The fourth-order valence-corrected chi connectivity index (χ4v) is 2.01. The predicted molar refractivity (Wildman–Crippen MR) is 101 cm³/mol. The van der Waals surface area contributed by atoms with E-state index < -0.39 is 4.92 Å². The summed E-state index contributed by atoms with van der Waals surface area (Å²) in [5, 5.41) is 31.7. The summed E-state index contributed by atoms with van der Waals surface area (Å²) in [7, 11) is 0. The number of hydrazone groups is 1. The van der Waals surface area contributed by atoms with Crippen molar-refractivity contribution >= 4 is 23.0 Å². The molecule has 0 saturated heterocycles. The third-order valence-electron chi connectivity index (χ3n) is 3.39. The van der Waals surface area contributed by atoms with Gasteiger partial charge in [0.05, 0.1) is 22.2 Å². The first-order chi connectivity index (χ1) is 13.7. The summed E-state index contributed by atoms with van der Waals surface area (Å²) < 4.78 is 0. The highest BCUT2D eigenvalue weighted by molar-refractivity contribution is 5.97. The maximum Gasteiger partial charge on any atom is 0.287 e. The summed E-state index contributed by atoms with van der Waals surface area (Å²) in [6, 6.07) is 16.7. The van der Waals surface area contributed by atoms with Crippen molar-refractivity contribution in [2.45, 2.75) is 0 Å². The zero-order chi connectivity index (χ0) is 19.8. The van der Waals surface area contributed by atoms with E-state index in [1.165, 1.54) is 12.1 Å². The molecular weight excluding hydrogens is 360 g/mol. The van der Waals surface area contributed by atoms with Gasteiger partial charge in [-0.2, -0.15) is 10.4 Å². The molecule has 0 aliphatic carbocycles. The third kappa shape index (κ3) is 4.77. The molecule has 1 aromatic carbocycles. The molecule has 28 heavy (non-hydrogen) atoms. The molecule has 1 N–H and O–H groups in total. The molecule has 3 aromatic rings. The van der Waals surface area contributed by atoms with Crippen LogP contribution in [0.2, 0.25) is 0 Å². The number of hydrogen-bond acceptors (Lipinski definition) is 8. The number of anilines is 1. The molecule has 136 valence electrons. The molecule has 3 rings (SSSR count). The normalized spacial score (nSPS) is 11.2. The monoisotopic (exact) mass is 372 g/mol. The van der Waals surface area contributed by atoms with Gasteiger partial charge in [0.2, 0.25) is 5.84 Å². The molecule has 0 amide bonds. The Morgan fingerprint density at radius 2 is 1.93 bits per heavy atom. The summed E-state index contributed by atoms with van der Waals surface area (Å²) in [5.41, 5.74) is 4.34. The SMILES string of the molecule is N#Cc1ccc(NN=C(N=Nc2ccc([N+](=O)[O-])cn2)c2ccccn2)cc1. The van der Waals surface area contributed by atoms with E-state index in [1.807, 2.05) is 6.07 Å². The van der Waals surface area contributed by atoms with Crippen molar-refractivity contribution in [3.05, 3.63) is 88.4 Å². The number of azo groups is 1. The molecule has 0 saturated carbocycles. The van der Waals surface area contributed by atoms with Crippen LogP contribution in [0.4, 0.5) is 17.2 Å². The predicted octanol–water partition coefficient (Wildman–Crippen LogP) is 3.81. The Kier molecular flexibility index (Phi) is 5.69. The van der Waals surface area contributed by atoms with Crippen molar-refractivity contribution in [1.29, 1.82) is 5.26 Å². The maximum atomic E-state index is 10.7. The summed E-state index contributed by atoms with van der Waals surface area (Å²) >= 11 is 0. The van der Waals surface area contributed by atoms with E-state index in [0.29, 0.717) is 16.9 Å². The Morgan fingerprint density at radius 1 is 1.11 bits per heavy atom. The molecule has 0 atom stereocenters. The molecule has 0 aliphatic rings. The zero-order valence-corrected chi connectivity index (χ0v) is 14.3. The summed E-state index contributed by atoms with van der Waals surface area (Å²) in [5.74, 6) is 0.373. The van der Waals surface area contributed by atoms with E-state index in [4.69, 9.17) is 5.26 Å². The van der Waals surface area contributed by atoms with Crippen molar-refractivity contribution in [3.63, 3.8) is 0 Å². The molecule has 10 heteroatoms. The van der Waals surface area contributed by atoms with E-state index in [0.717, 1.165) is 6.20 Å². The fraction of sp³-hybridized carbons (Fsp3) is 0. The first-order valence-corrected chi connectivity index (χ1v) is 7.93. The molecule has 0 radical (unpaired) electrons. The van der Waals surface area contributed by atoms with Crippen LogP contribution in [-0.2, 0) is 0 Å². The standard InChI is InChI=1S/C18H12N8O2/c19-11-13-4-6-14(7-5-13)22-24-18(16-3-1-2-10-20-16)25-23-17-9-8-15(12-21-17)26(27)28/h1-10,12,22H. The Labute approximate surface area is 159 Å². The number of nitriles is 1. The van der Waals surface area contributed by atoms with Crippen LogP contribution in [0.25, 0.3) is 0 Å². The average Bonchev–Trinajstić information content (AvgIpc) is 2.75. The van der Waals surface area contributed by atoms with Gasteiger partial charge in [-0.1, -0.05) is 6.07 Å². The molecule has 0 unspecified atom stereocenters. The lowest BCUT2D eigenvalue weighted by atomic mass is 10.2. The van der Waals surface area contributed by atoms with E-state index in [2.05, 4.69) is 30.7 Å². The summed E-state index contributed by atoms with van der Waals surface area (Å²) in [6.07, 6.45) is 2.69. The topological polar surface area (TPSA) is 142 Å². The first kappa shape index (κ1) is 18.3. The molecule has 2 heterocycles. The highest BCUT2D eigenvalue weighted by atomic mass is 16.6. The quantitative estimate of drug-likeness (QED) is 0.237. The van der Waals surface area contributed by atoms with Crippen LogP contribution in [0.3, 0.4) is 0 Å². The minimum Gasteiger partial charge on any atom is -0.276 e. The van der Waals surface area contributed by atoms with Crippen LogP contribution in [0.5, 0.6) is 0 Å². The second kappa shape index (κ2) is 8.72. The van der Waals surface area contributed by atoms with Gasteiger partial charge in [0.15, 0.2) is 5.82 Å². The number of rotatable bonds is 5. The highest BCUT2D eigenvalue weighted by Gasteiger charge is 2.07. The van der Waals surface area contributed by atoms with Crippen molar-refractivity contribution in [1.82, 2.24) is 9.97 Å². The minimum atomic E-state index is -0.545. The average molecular weight is 372 g/mol. The van der Waals surface area contributed by atoms with Crippen molar-refractivity contribution in [2.24, 2.45) is 15.3 Å². The minimum absolute atomic E-state index is 0.139. The zero-order valence-electron chi connectivity index (χ0n) is 14.3. The smallest absolute Gasteiger partial charge is 0.276 e. The highest BCUT2D eigenvalue weighted by Crippen LogP contribution is 2.15. The molecule has 0 fully saturated rings. The van der Waals surface area contributed by atoms with E-state index in [-0.39, 0.29) is 17.3 Å². The molecule has 2 aromatic heterocycles. The number of nitrogens with zero attached hydrogens (tertiary/aromatic N) is 7. The maximum absolute atomic E-state index is 10.7. The van der Waals surface area contributed by atoms with Gasteiger partial charge in [-0.25, -0.2) is 4.98 Å². The first-order valence-electron chi connectivity index (χ1n) is 7.93. The van der Waals surface area contributed by atoms with Gasteiger partial charge in [-0.05, 0) is 42.5 Å². The lowest BCUT2D eigenvalue weighted by Gasteiger charge is -2.02. The molecule has 0 spiro atoms. The summed E-state index contributed by atoms with van der Waals surface area (Å²) in [6.45, 7) is 0. The van der Waals surface area contributed by atoms with Crippen molar-refractivity contribution in [3.8, 4) is 6.07 Å². The van der Waals surface area contributed by atoms with Gasteiger partial charge < -0.3 is 0 Å². The Bertz CT molecular complexity index is 1060. The van der Waals surface area contributed by atoms with Gasteiger partial charge in [0.1, 0.15) is 11.9 Å². The third-order valence-corrected chi connectivity index (χ3v) is 3.39. The van der Waals surface area contributed by atoms with Crippen LogP contribution in [0, 0.1) is 21.4 Å². The van der Waals surface area contributed by atoms with Crippen LogP contribution < -0.4 is 5.43 Å². The van der Waals surface area contributed by atoms with Crippen molar-refractivity contribution < 1.29 is 4.92 Å². The Hall–Kier alpha value is -4.52. The largest absolute Gasteiger partial charge is 0.287 e. The van der Waals surface area contributed by atoms with Gasteiger partial charge >= 0.3 is 0 Å². The van der Waals surface area contributed by atoms with Gasteiger partial charge in [0, 0.05) is 12.3 Å². The van der Waals surface area contributed by atoms with E-state index in [1.54, 1.807) is 48.7 Å². The van der Waals surface area contributed by atoms with E-state index in [9.17, 15) is 10.1 Å². The van der Waals surface area contributed by atoms with Crippen LogP contribution >= 0.6 is 0 Å². The number of aromatic nitrogens is 2. The second-order valence-corrected chi connectivity index (χ2v) is 5.28. The number of pyridine rings is 2. The lowest BCUT2D eigenvalue weighted by Crippen LogP contribution is -2.03. The van der Waals surface area contributed by atoms with Gasteiger partial charge in [-0.15, -0.1) is 10.2 Å². The number of amidine groups is 1. The molecule has 10 nitrogen and oxygen atoms in total. The van der Waals surface area contributed by atoms with E-state index >= 15 is 0 Å². The number of hydrogen-bond donors (Lipinski definition) is 1. The number of nitro groups is 1. The summed E-state index contributed by atoms with van der Waals surface area (Å²) in [4.78, 5) is 18.2. The van der Waals surface area contributed by atoms with Crippen LogP contribution in [-0.4, -0.2) is 20.7 Å². The van der Waals surface area contributed by atoms with Gasteiger partial charge in [-0.3, -0.25) is 20.5 Å². The second-order valence-electron chi connectivity index (χ2n) is 5.28. The van der Waals surface area contributed by atoms with Crippen LogP contribution in [0.15, 0.2) is 82.3 Å². The van der Waals surface area contributed by atoms with Crippen molar-refractivity contribution in [2.75, 3.05) is 5.43 Å². The Morgan fingerprint density at radius 3 is 2.54 bits per heavy atom. The Balaban J connectivity index is 1.84. The lowest BCUT2D eigenvalue weighted by molar-refractivity contribution is -0.385. The van der Waals surface area contributed by atoms with Crippen LogP contribution in [0.1, 0.15) is 11.3 Å². The fourth-order valence-electron chi connectivity index (χ4n) is 2.01. The molecular formula is C18H12N8O2. The number of benzene rings is 1.